The third-order valence-electron chi connectivity index (χ3n) is 10.1. The van der Waals surface area contributed by atoms with Gasteiger partial charge in [0, 0.05) is 80.1 Å². The summed E-state index contributed by atoms with van der Waals surface area (Å²) in [6, 6.07) is 13.9. The lowest BCUT2D eigenvalue weighted by Crippen LogP contribution is -2.48. The first-order valence-corrected chi connectivity index (χ1v) is 14.7. The van der Waals surface area contributed by atoms with Crippen LogP contribution in [0, 0.1) is 0 Å². The molecule has 1 spiro atoms. The lowest BCUT2D eigenvalue weighted by molar-refractivity contribution is -0.132. The maximum absolute atomic E-state index is 13.4. The molecule has 1 aliphatic carbocycles. The van der Waals surface area contributed by atoms with Crippen molar-refractivity contribution >= 4 is 46.0 Å². The first-order chi connectivity index (χ1) is 20.2. The highest BCUT2D eigenvalue weighted by Crippen LogP contribution is 2.52. The van der Waals surface area contributed by atoms with Crippen LogP contribution in [0.1, 0.15) is 48.1 Å². The van der Waals surface area contributed by atoms with Crippen molar-refractivity contribution in [3.63, 3.8) is 0 Å². The van der Waals surface area contributed by atoms with Gasteiger partial charge in [0.05, 0.1) is 17.8 Å². The van der Waals surface area contributed by atoms with E-state index in [2.05, 4.69) is 39.8 Å². The summed E-state index contributed by atoms with van der Waals surface area (Å²) in [5.41, 5.74) is 5.31. The van der Waals surface area contributed by atoms with Gasteiger partial charge in [-0.15, -0.1) is 0 Å². The number of likely N-dealkylation sites (tertiary alicyclic amines) is 1. The van der Waals surface area contributed by atoms with Crippen LogP contribution in [0.5, 0.6) is 0 Å². The van der Waals surface area contributed by atoms with Gasteiger partial charge < -0.3 is 20.0 Å². The van der Waals surface area contributed by atoms with Gasteiger partial charge >= 0.3 is 6.03 Å². The molecule has 2 N–H and O–H groups in total. The van der Waals surface area contributed by atoms with Crippen molar-refractivity contribution in [2.75, 3.05) is 36.9 Å². The van der Waals surface area contributed by atoms with Gasteiger partial charge in [-0.2, -0.15) is 0 Å². The standard InChI is InChI=1S/C32H32N6O4/c1-36-30(42)35-29(41)32(36)13-20-11-19-7-8-22(33-24(19)12-21(20)14-32)17-38-18-31(16-27(40)37-9-2-3-10-37)15-26(39)34-23-5-4-6-25(38)28(23)31/h4-8,11-12H,2-3,9-10,13-18H2,1H3,(H,34,39)(H,35,41,42)/t31?,32-/m1/s1. The van der Waals surface area contributed by atoms with Crippen LogP contribution >= 0.6 is 0 Å². The number of fused-ring (bicyclic) bond motifs is 2. The van der Waals surface area contributed by atoms with Crippen molar-refractivity contribution in [2.45, 2.75) is 56.0 Å². The van der Waals surface area contributed by atoms with E-state index in [1.165, 1.54) is 4.90 Å². The van der Waals surface area contributed by atoms with Crippen LogP contribution in [0.2, 0.25) is 0 Å². The quantitative estimate of drug-likeness (QED) is 0.471. The minimum absolute atomic E-state index is 0.0468. The molecule has 42 heavy (non-hydrogen) atoms. The number of hydrogen-bond acceptors (Lipinski definition) is 6. The van der Waals surface area contributed by atoms with Crippen LogP contribution in [0.4, 0.5) is 16.2 Å². The summed E-state index contributed by atoms with van der Waals surface area (Å²) < 4.78 is 0. The van der Waals surface area contributed by atoms with Crippen molar-refractivity contribution in [3.05, 3.63) is 64.8 Å². The van der Waals surface area contributed by atoms with Crippen LogP contribution in [-0.4, -0.2) is 70.8 Å². The van der Waals surface area contributed by atoms with Crippen LogP contribution in [-0.2, 0) is 39.2 Å². The van der Waals surface area contributed by atoms with E-state index in [-0.39, 0.29) is 30.2 Å². The Hall–Kier alpha value is -4.47. The Kier molecular flexibility index (Phi) is 5.27. The van der Waals surface area contributed by atoms with Gasteiger partial charge in [0.1, 0.15) is 5.54 Å². The lowest BCUT2D eigenvalue weighted by atomic mass is 9.73. The second kappa shape index (κ2) is 8.77. The number of carbonyl (C=O) groups is 4. The monoisotopic (exact) mass is 564 g/mol. The van der Waals surface area contributed by atoms with Gasteiger partial charge in [-0.1, -0.05) is 12.1 Å². The number of likely N-dealkylation sites (N-methyl/N-ethyl adjacent to an activating group) is 1. The summed E-state index contributed by atoms with van der Waals surface area (Å²) in [5.74, 6) is -0.161. The zero-order valence-corrected chi connectivity index (χ0v) is 23.5. The summed E-state index contributed by atoms with van der Waals surface area (Å²) >= 11 is 0. The molecule has 5 heterocycles. The van der Waals surface area contributed by atoms with E-state index in [1.54, 1.807) is 7.05 Å². The Morgan fingerprint density at radius 1 is 0.976 bits per heavy atom. The van der Waals surface area contributed by atoms with Gasteiger partial charge in [0.2, 0.25) is 11.8 Å². The molecule has 3 aromatic rings. The summed E-state index contributed by atoms with van der Waals surface area (Å²) in [4.78, 5) is 62.0. The van der Waals surface area contributed by atoms with Crippen LogP contribution in [0.3, 0.4) is 0 Å². The molecule has 2 aromatic carbocycles. The van der Waals surface area contributed by atoms with Gasteiger partial charge in [0.25, 0.3) is 5.91 Å². The van der Waals surface area contributed by atoms with E-state index in [0.717, 1.165) is 70.6 Å². The number of anilines is 2. The molecule has 5 aliphatic rings. The van der Waals surface area contributed by atoms with E-state index in [4.69, 9.17) is 4.98 Å². The third-order valence-corrected chi connectivity index (χ3v) is 10.1. The average Bonchev–Trinajstić information content (AvgIpc) is 3.72. The number of carbonyl (C=O) groups excluding carboxylic acids is 4. The first kappa shape index (κ1) is 25.3. The molecule has 1 aromatic heterocycles. The number of benzene rings is 2. The summed E-state index contributed by atoms with van der Waals surface area (Å²) in [6.07, 6.45) is 3.64. The molecule has 1 unspecified atom stereocenters. The normalized spacial score (nSPS) is 25.8. The largest absolute Gasteiger partial charge is 0.364 e. The number of aromatic nitrogens is 1. The number of nitrogens with one attached hydrogen (secondary N) is 2. The van der Waals surface area contributed by atoms with E-state index in [0.29, 0.717) is 32.4 Å². The highest BCUT2D eigenvalue weighted by Gasteiger charge is 2.54. The summed E-state index contributed by atoms with van der Waals surface area (Å²) in [7, 11) is 1.68. The van der Waals surface area contributed by atoms with E-state index in [1.807, 2.05) is 23.1 Å². The number of nitrogens with zero attached hydrogens (tertiary/aromatic N) is 4. The van der Waals surface area contributed by atoms with E-state index in [9.17, 15) is 19.2 Å². The smallest absolute Gasteiger partial charge is 0.324 e. The second-order valence-electron chi connectivity index (χ2n) is 12.6. The summed E-state index contributed by atoms with van der Waals surface area (Å²) in [6.45, 7) is 2.71. The Balaban J connectivity index is 1.10. The van der Waals surface area contributed by atoms with Crippen LogP contribution in [0.25, 0.3) is 10.9 Å². The molecule has 2 fully saturated rings. The number of pyridine rings is 1. The molecule has 8 rings (SSSR count). The predicted octanol–water partition coefficient (Wildman–Crippen LogP) is 2.87. The van der Waals surface area contributed by atoms with Crippen molar-refractivity contribution in [3.8, 4) is 0 Å². The minimum Gasteiger partial charge on any atom is -0.364 e. The fourth-order valence-corrected chi connectivity index (χ4v) is 8.01. The first-order valence-electron chi connectivity index (χ1n) is 14.7. The maximum atomic E-state index is 13.4. The number of urea groups is 1. The Bertz CT molecular complexity index is 1730. The molecule has 2 saturated heterocycles. The number of imide groups is 1. The molecule has 4 aliphatic heterocycles. The molecular formula is C32H32N6O4. The summed E-state index contributed by atoms with van der Waals surface area (Å²) in [5, 5.41) is 6.49. The third kappa shape index (κ3) is 3.60. The highest BCUT2D eigenvalue weighted by atomic mass is 16.2. The molecule has 0 radical (unpaired) electrons. The molecule has 2 atom stereocenters. The van der Waals surface area contributed by atoms with Gasteiger partial charge in [0.15, 0.2) is 0 Å². The minimum atomic E-state index is -0.871. The molecule has 5 amide bonds. The zero-order valence-electron chi connectivity index (χ0n) is 23.5. The van der Waals surface area contributed by atoms with Gasteiger partial charge in [-0.05, 0) is 54.3 Å². The molecule has 214 valence electrons. The van der Waals surface area contributed by atoms with Crippen molar-refractivity contribution in [1.82, 2.24) is 20.1 Å². The fourth-order valence-electron chi connectivity index (χ4n) is 8.01. The van der Waals surface area contributed by atoms with Gasteiger partial charge in [-0.3, -0.25) is 24.7 Å². The molecule has 0 saturated carbocycles. The molecular weight excluding hydrogens is 532 g/mol. The maximum Gasteiger partial charge on any atom is 0.324 e. The fraction of sp³-hybridized carbons (Fsp3) is 0.406. The Morgan fingerprint density at radius 3 is 2.52 bits per heavy atom. The lowest BCUT2D eigenvalue weighted by Gasteiger charge is -2.35. The van der Waals surface area contributed by atoms with Crippen LogP contribution in [0.15, 0.2) is 42.5 Å². The van der Waals surface area contributed by atoms with Gasteiger partial charge in [-0.25, -0.2) is 4.79 Å². The molecule has 10 nitrogen and oxygen atoms in total. The Labute approximate surface area is 243 Å². The van der Waals surface area contributed by atoms with Crippen molar-refractivity contribution in [2.24, 2.45) is 0 Å². The Morgan fingerprint density at radius 2 is 1.76 bits per heavy atom. The van der Waals surface area contributed by atoms with Crippen molar-refractivity contribution in [1.29, 1.82) is 0 Å². The van der Waals surface area contributed by atoms with E-state index >= 15 is 0 Å². The molecule has 10 heteroatoms. The second-order valence-corrected chi connectivity index (χ2v) is 12.6. The molecule has 0 bridgehead atoms. The van der Waals surface area contributed by atoms with E-state index < -0.39 is 11.0 Å². The number of rotatable bonds is 4. The SMILES string of the molecule is CN1C(=O)NC(=O)[C@]12Cc1cc3ccc(CN4CC5(CC(=O)N6CCCC6)CC(=O)Nc6cccc4c65)nc3cc1C2. The predicted molar refractivity (Wildman–Crippen MR) is 156 cm³/mol. The number of amides is 5. The zero-order chi connectivity index (χ0) is 28.8. The highest BCUT2D eigenvalue weighted by molar-refractivity contribution is 6.08. The van der Waals surface area contributed by atoms with Crippen LogP contribution < -0.4 is 15.5 Å². The van der Waals surface area contributed by atoms with Crippen molar-refractivity contribution < 1.29 is 19.2 Å². The topological polar surface area (TPSA) is 115 Å². The number of hydrogen-bond donors (Lipinski definition) is 2. The average molecular weight is 565 g/mol.